The van der Waals surface area contributed by atoms with Crippen LogP contribution < -0.4 is 0 Å². The Balaban J connectivity index is 2.70. The highest BCUT2D eigenvalue weighted by Gasteiger charge is 2.31. The first-order valence-electron chi connectivity index (χ1n) is 5.80. The molecule has 1 rings (SSSR count). The largest absolute Gasteiger partial charge is 0.390 e. The van der Waals surface area contributed by atoms with E-state index >= 15 is 0 Å². The molecule has 1 N–H and O–H groups in total. The van der Waals surface area contributed by atoms with Gasteiger partial charge in [0.1, 0.15) is 0 Å². The van der Waals surface area contributed by atoms with E-state index in [1.807, 2.05) is 24.3 Å². The molecule has 0 bridgehead atoms. The van der Waals surface area contributed by atoms with Crippen molar-refractivity contribution in [2.75, 3.05) is 7.11 Å². The molecule has 0 saturated carbocycles. The van der Waals surface area contributed by atoms with Crippen molar-refractivity contribution in [3.63, 3.8) is 0 Å². The zero-order valence-electron chi connectivity index (χ0n) is 10.9. The van der Waals surface area contributed by atoms with Crippen molar-refractivity contribution in [1.29, 1.82) is 0 Å². The highest BCUT2D eigenvalue weighted by molar-refractivity contribution is 9.10. The maximum absolute atomic E-state index is 10.2. The summed E-state index contributed by atoms with van der Waals surface area (Å²) in [7, 11) is 1.65. The zero-order chi connectivity index (χ0) is 13.1. The molecule has 2 nitrogen and oxygen atoms in total. The molecule has 2 unspecified atom stereocenters. The summed E-state index contributed by atoms with van der Waals surface area (Å²) in [6.07, 6.45) is -0.0319. The summed E-state index contributed by atoms with van der Waals surface area (Å²) in [6.45, 7) is 6.23. The van der Waals surface area contributed by atoms with Crippen LogP contribution in [0.5, 0.6) is 0 Å². The average Bonchev–Trinajstić information content (AvgIpc) is 2.20. The molecule has 0 amide bonds. The van der Waals surface area contributed by atoms with Gasteiger partial charge in [-0.25, -0.2) is 0 Å². The Morgan fingerprint density at radius 2 is 1.76 bits per heavy atom. The molecule has 0 spiro atoms. The number of benzene rings is 1. The van der Waals surface area contributed by atoms with Gasteiger partial charge < -0.3 is 9.84 Å². The van der Waals surface area contributed by atoms with E-state index < -0.39 is 6.10 Å². The van der Waals surface area contributed by atoms with Gasteiger partial charge in [-0.3, -0.25) is 0 Å². The van der Waals surface area contributed by atoms with Crippen molar-refractivity contribution in [3.05, 3.63) is 34.3 Å². The van der Waals surface area contributed by atoms with Crippen LogP contribution in [-0.4, -0.2) is 24.4 Å². The topological polar surface area (TPSA) is 29.5 Å². The Morgan fingerprint density at radius 3 is 2.18 bits per heavy atom. The van der Waals surface area contributed by atoms with Gasteiger partial charge in [0.2, 0.25) is 0 Å². The summed E-state index contributed by atoms with van der Waals surface area (Å²) >= 11 is 3.40. The van der Waals surface area contributed by atoms with Gasteiger partial charge in [0.25, 0.3) is 0 Å². The second kappa shape index (κ2) is 5.98. The van der Waals surface area contributed by atoms with E-state index in [0.29, 0.717) is 6.42 Å². The van der Waals surface area contributed by atoms with Crippen LogP contribution in [-0.2, 0) is 11.2 Å². The zero-order valence-corrected chi connectivity index (χ0v) is 12.5. The van der Waals surface area contributed by atoms with E-state index in [-0.39, 0.29) is 11.5 Å². The predicted octanol–water partition coefficient (Wildman–Crippen LogP) is 3.41. The molecule has 0 aliphatic carbocycles. The molecular formula is C14H21BrO2. The third-order valence-corrected chi connectivity index (χ3v) is 3.34. The third kappa shape index (κ3) is 4.41. The SMILES string of the molecule is COC(C(O)Cc1ccc(Br)cc1)C(C)(C)C. The van der Waals surface area contributed by atoms with Gasteiger partial charge in [-0.15, -0.1) is 0 Å². The Labute approximate surface area is 112 Å². The first-order valence-corrected chi connectivity index (χ1v) is 6.59. The van der Waals surface area contributed by atoms with Crippen molar-refractivity contribution in [2.45, 2.75) is 39.4 Å². The maximum atomic E-state index is 10.2. The average molecular weight is 301 g/mol. The van der Waals surface area contributed by atoms with Crippen molar-refractivity contribution in [1.82, 2.24) is 0 Å². The lowest BCUT2D eigenvalue weighted by molar-refractivity contribution is -0.0699. The van der Waals surface area contributed by atoms with E-state index in [1.54, 1.807) is 7.11 Å². The Kier molecular flexibility index (Phi) is 5.17. The van der Waals surface area contributed by atoms with E-state index in [1.165, 1.54) is 0 Å². The number of hydrogen-bond acceptors (Lipinski definition) is 2. The van der Waals surface area contributed by atoms with Gasteiger partial charge in [0, 0.05) is 18.0 Å². The molecule has 0 heterocycles. The Hall–Kier alpha value is -0.380. The van der Waals surface area contributed by atoms with Crippen molar-refractivity contribution >= 4 is 15.9 Å². The fourth-order valence-electron chi connectivity index (χ4n) is 2.06. The van der Waals surface area contributed by atoms with Gasteiger partial charge >= 0.3 is 0 Å². The van der Waals surface area contributed by atoms with Crippen LogP contribution in [0.4, 0.5) is 0 Å². The minimum Gasteiger partial charge on any atom is -0.390 e. The molecule has 96 valence electrons. The summed E-state index contributed by atoms with van der Waals surface area (Å²) in [5, 5.41) is 10.2. The molecule has 0 radical (unpaired) electrons. The molecule has 1 aromatic rings. The predicted molar refractivity (Wildman–Crippen MR) is 74.1 cm³/mol. The second-order valence-corrected chi connectivity index (χ2v) is 6.34. The van der Waals surface area contributed by atoms with Gasteiger partial charge in [0.05, 0.1) is 12.2 Å². The summed E-state index contributed by atoms with van der Waals surface area (Å²) in [4.78, 5) is 0. The van der Waals surface area contributed by atoms with Crippen LogP contribution in [0.1, 0.15) is 26.3 Å². The highest BCUT2D eigenvalue weighted by Crippen LogP contribution is 2.26. The van der Waals surface area contributed by atoms with Crippen LogP contribution in [0.3, 0.4) is 0 Å². The lowest BCUT2D eigenvalue weighted by Crippen LogP contribution is -2.40. The summed E-state index contributed by atoms with van der Waals surface area (Å²) in [5.41, 5.74) is 1.05. The van der Waals surface area contributed by atoms with Crippen LogP contribution in [0.25, 0.3) is 0 Å². The van der Waals surface area contributed by atoms with Crippen LogP contribution in [0, 0.1) is 5.41 Å². The number of ether oxygens (including phenoxy) is 1. The second-order valence-electron chi connectivity index (χ2n) is 5.42. The number of hydrogen-bond donors (Lipinski definition) is 1. The van der Waals surface area contributed by atoms with Crippen LogP contribution in [0.15, 0.2) is 28.7 Å². The fraction of sp³-hybridized carbons (Fsp3) is 0.571. The van der Waals surface area contributed by atoms with E-state index in [0.717, 1.165) is 10.0 Å². The molecule has 0 aromatic heterocycles. The molecule has 3 heteroatoms. The van der Waals surface area contributed by atoms with Crippen molar-refractivity contribution in [2.24, 2.45) is 5.41 Å². The molecule has 17 heavy (non-hydrogen) atoms. The quantitative estimate of drug-likeness (QED) is 0.923. The van der Waals surface area contributed by atoms with Crippen molar-refractivity contribution < 1.29 is 9.84 Å². The molecule has 0 aliphatic rings. The molecule has 0 fully saturated rings. The van der Waals surface area contributed by atoms with Crippen LogP contribution >= 0.6 is 15.9 Å². The minimum absolute atomic E-state index is 0.0659. The molecule has 0 saturated heterocycles. The number of halogens is 1. The van der Waals surface area contributed by atoms with Gasteiger partial charge in [-0.1, -0.05) is 48.8 Å². The van der Waals surface area contributed by atoms with Crippen molar-refractivity contribution in [3.8, 4) is 0 Å². The minimum atomic E-state index is -0.485. The third-order valence-electron chi connectivity index (χ3n) is 2.82. The Morgan fingerprint density at radius 1 is 1.24 bits per heavy atom. The highest BCUT2D eigenvalue weighted by atomic mass is 79.9. The summed E-state index contributed by atoms with van der Waals surface area (Å²) < 4.78 is 6.46. The number of aliphatic hydroxyl groups excluding tert-OH is 1. The monoisotopic (exact) mass is 300 g/mol. The number of aliphatic hydroxyl groups is 1. The lowest BCUT2D eigenvalue weighted by atomic mass is 9.84. The molecule has 0 aliphatic heterocycles. The van der Waals surface area contributed by atoms with Gasteiger partial charge in [-0.2, -0.15) is 0 Å². The summed E-state index contributed by atoms with van der Waals surface area (Å²) in [5.74, 6) is 0. The summed E-state index contributed by atoms with van der Waals surface area (Å²) in [6, 6.07) is 8.01. The first-order chi connectivity index (χ1) is 7.84. The van der Waals surface area contributed by atoms with E-state index in [2.05, 4.69) is 36.7 Å². The van der Waals surface area contributed by atoms with Crippen LogP contribution in [0.2, 0.25) is 0 Å². The van der Waals surface area contributed by atoms with Gasteiger partial charge in [0.15, 0.2) is 0 Å². The Bertz CT molecular complexity index is 340. The smallest absolute Gasteiger partial charge is 0.0881 e. The van der Waals surface area contributed by atoms with E-state index in [4.69, 9.17) is 4.74 Å². The normalized spacial score (nSPS) is 15.6. The molecule has 2 atom stereocenters. The fourth-order valence-corrected chi connectivity index (χ4v) is 2.32. The molecule has 1 aromatic carbocycles. The molecular weight excluding hydrogens is 280 g/mol. The maximum Gasteiger partial charge on any atom is 0.0881 e. The van der Waals surface area contributed by atoms with Gasteiger partial charge in [-0.05, 0) is 23.1 Å². The number of methoxy groups -OCH3 is 1. The van der Waals surface area contributed by atoms with E-state index in [9.17, 15) is 5.11 Å². The lowest BCUT2D eigenvalue weighted by Gasteiger charge is -2.33. The first kappa shape index (κ1) is 14.7. The standard InChI is InChI=1S/C14H21BrO2/c1-14(2,3)13(17-4)12(16)9-10-5-7-11(15)8-6-10/h5-8,12-13,16H,9H2,1-4H3. The number of rotatable bonds is 4.